The molecule has 0 saturated heterocycles. The molecule has 0 amide bonds. The Morgan fingerprint density at radius 1 is 1.15 bits per heavy atom. The molecule has 0 spiro atoms. The van der Waals surface area contributed by atoms with Crippen molar-refractivity contribution < 1.29 is 23.5 Å². The quantitative estimate of drug-likeness (QED) is 0.841. The van der Waals surface area contributed by atoms with Crippen molar-refractivity contribution in [3.63, 3.8) is 0 Å². The van der Waals surface area contributed by atoms with Crippen LogP contribution in [0.2, 0.25) is 0 Å². The van der Waals surface area contributed by atoms with E-state index in [0.29, 0.717) is 6.07 Å². The number of hydrogen-bond donors (Lipinski definition) is 1. The van der Waals surface area contributed by atoms with Crippen LogP contribution in [-0.4, -0.2) is 27.4 Å². The van der Waals surface area contributed by atoms with E-state index in [2.05, 4.69) is 0 Å². The molecule has 0 fully saturated rings. The zero-order chi connectivity index (χ0) is 15.9. The van der Waals surface area contributed by atoms with Gasteiger partial charge in [-0.05, 0) is 26.0 Å². The lowest BCUT2D eigenvalue weighted by molar-refractivity contribution is -0.138. The van der Waals surface area contributed by atoms with Gasteiger partial charge >= 0.3 is 5.97 Å². The zero-order valence-corrected chi connectivity index (χ0v) is 12.7. The number of Topliss-reactive ketones (excluding diaryl/α,β-unsaturated/α-hetero) is 1. The van der Waals surface area contributed by atoms with Gasteiger partial charge in [-0.25, -0.2) is 8.78 Å². The molecule has 1 aromatic rings. The van der Waals surface area contributed by atoms with Crippen molar-refractivity contribution in [3.05, 3.63) is 35.4 Å². The first-order valence-electron chi connectivity index (χ1n) is 6.09. The molecule has 0 aliphatic rings. The summed E-state index contributed by atoms with van der Waals surface area (Å²) in [7, 11) is 0. The first-order valence-corrected chi connectivity index (χ1v) is 7.07. The molecule has 1 aromatic carbocycles. The highest BCUT2D eigenvalue weighted by molar-refractivity contribution is 8.02. The number of halogens is 2. The standard InChI is InChI=1S/C12H12F2O3S.C2H6/c1-12(2,11(16)17)18-6-10(15)7-3-8(13)5-9(14)4-7;1-2/h3-5H,6H2,1-2H3,(H,16,17);1-2H3. The Kier molecular flexibility index (Phi) is 7.42. The van der Waals surface area contributed by atoms with Gasteiger partial charge in [-0.3, -0.25) is 9.59 Å². The first-order chi connectivity index (χ1) is 9.22. The molecule has 6 heteroatoms. The number of carboxylic acids is 1. The van der Waals surface area contributed by atoms with Crippen LogP contribution in [0.5, 0.6) is 0 Å². The number of carbonyl (C=O) groups is 2. The van der Waals surface area contributed by atoms with Crippen molar-refractivity contribution in [2.45, 2.75) is 32.4 Å². The summed E-state index contributed by atoms with van der Waals surface area (Å²) >= 11 is 0.907. The summed E-state index contributed by atoms with van der Waals surface area (Å²) in [6, 6.07) is 2.53. The second-order valence-corrected chi connectivity index (χ2v) is 5.78. The fourth-order valence-corrected chi connectivity index (χ4v) is 1.89. The van der Waals surface area contributed by atoms with Crippen molar-refractivity contribution in [2.75, 3.05) is 5.75 Å². The Hall–Kier alpha value is -1.43. The minimum Gasteiger partial charge on any atom is -0.480 e. The summed E-state index contributed by atoms with van der Waals surface area (Å²) in [5.41, 5.74) is -0.0961. The van der Waals surface area contributed by atoms with E-state index in [1.807, 2.05) is 13.8 Å². The Balaban J connectivity index is 0.00000172. The number of aliphatic carboxylic acids is 1. The molecule has 0 aliphatic carbocycles. The summed E-state index contributed by atoms with van der Waals surface area (Å²) in [4.78, 5) is 22.5. The summed E-state index contributed by atoms with van der Waals surface area (Å²) in [5, 5.41) is 8.86. The van der Waals surface area contributed by atoms with Crippen molar-refractivity contribution in [2.24, 2.45) is 0 Å². The normalized spacial score (nSPS) is 10.5. The molecular weight excluding hydrogens is 286 g/mol. The molecular formula is C14H18F2O3S. The molecule has 1 rings (SSSR count). The van der Waals surface area contributed by atoms with Gasteiger partial charge in [-0.15, -0.1) is 11.8 Å². The maximum Gasteiger partial charge on any atom is 0.319 e. The maximum absolute atomic E-state index is 12.9. The van der Waals surface area contributed by atoms with Crippen LogP contribution in [0.4, 0.5) is 8.78 Å². The molecule has 3 nitrogen and oxygen atoms in total. The summed E-state index contributed by atoms with van der Waals surface area (Å²) in [5.74, 6) is -3.37. The Labute approximate surface area is 121 Å². The smallest absolute Gasteiger partial charge is 0.319 e. The molecule has 0 bridgehead atoms. The van der Waals surface area contributed by atoms with Gasteiger partial charge in [-0.2, -0.15) is 0 Å². The van der Waals surface area contributed by atoms with E-state index in [4.69, 9.17) is 5.11 Å². The summed E-state index contributed by atoms with van der Waals surface area (Å²) in [6.07, 6.45) is 0. The van der Waals surface area contributed by atoms with E-state index < -0.39 is 28.1 Å². The van der Waals surface area contributed by atoms with E-state index in [-0.39, 0.29) is 11.3 Å². The number of ketones is 1. The molecule has 0 heterocycles. The third kappa shape index (κ3) is 5.69. The number of benzene rings is 1. The van der Waals surface area contributed by atoms with E-state index >= 15 is 0 Å². The predicted molar refractivity (Wildman–Crippen MR) is 76.2 cm³/mol. The van der Waals surface area contributed by atoms with Crippen LogP contribution in [0.3, 0.4) is 0 Å². The predicted octanol–water partition coefficient (Wildman–Crippen LogP) is 3.77. The molecule has 0 unspecified atom stereocenters. The summed E-state index contributed by atoms with van der Waals surface area (Å²) in [6.45, 7) is 6.92. The highest BCUT2D eigenvalue weighted by Crippen LogP contribution is 2.25. The molecule has 0 atom stereocenters. The highest BCUT2D eigenvalue weighted by atomic mass is 32.2. The topological polar surface area (TPSA) is 54.4 Å². The number of carbonyl (C=O) groups excluding carboxylic acids is 1. The van der Waals surface area contributed by atoms with E-state index in [9.17, 15) is 18.4 Å². The molecule has 0 aromatic heterocycles. The number of carboxylic acid groups (broad SMARTS) is 1. The van der Waals surface area contributed by atoms with Crippen LogP contribution in [0.25, 0.3) is 0 Å². The van der Waals surface area contributed by atoms with Crippen molar-refractivity contribution in [1.29, 1.82) is 0 Å². The lowest BCUT2D eigenvalue weighted by atomic mass is 10.1. The lowest BCUT2D eigenvalue weighted by Gasteiger charge is -2.17. The molecule has 0 saturated carbocycles. The number of hydrogen-bond acceptors (Lipinski definition) is 3. The molecule has 1 N–H and O–H groups in total. The maximum atomic E-state index is 12.9. The van der Waals surface area contributed by atoms with Gasteiger partial charge in [0.2, 0.25) is 0 Å². The zero-order valence-electron chi connectivity index (χ0n) is 11.9. The fraction of sp³-hybridized carbons (Fsp3) is 0.429. The van der Waals surface area contributed by atoms with Crippen LogP contribution in [0.1, 0.15) is 38.1 Å². The van der Waals surface area contributed by atoms with Crippen LogP contribution >= 0.6 is 11.8 Å². The van der Waals surface area contributed by atoms with Gasteiger partial charge in [0.25, 0.3) is 0 Å². The molecule has 0 aliphatic heterocycles. The Morgan fingerprint density at radius 2 is 1.60 bits per heavy atom. The van der Waals surface area contributed by atoms with E-state index in [1.165, 1.54) is 13.8 Å². The Morgan fingerprint density at radius 3 is 2.00 bits per heavy atom. The second-order valence-electron chi connectivity index (χ2n) is 4.19. The SMILES string of the molecule is CC.CC(C)(SCC(=O)c1cc(F)cc(F)c1)C(=O)O. The van der Waals surface area contributed by atoms with Crippen molar-refractivity contribution >= 4 is 23.5 Å². The highest BCUT2D eigenvalue weighted by Gasteiger charge is 2.28. The largest absolute Gasteiger partial charge is 0.480 e. The third-order valence-electron chi connectivity index (χ3n) is 2.26. The average Bonchev–Trinajstić information content (AvgIpc) is 2.37. The van der Waals surface area contributed by atoms with Crippen LogP contribution in [-0.2, 0) is 4.79 Å². The Bertz CT molecular complexity index is 467. The van der Waals surface area contributed by atoms with Gasteiger partial charge in [0, 0.05) is 11.6 Å². The number of thioether (sulfide) groups is 1. The monoisotopic (exact) mass is 304 g/mol. The van der Waals surface area contributed by atoms with Gasteiger partial charge in [0.15, 0.2) is 5.78 Å². The van der Waals surface area contributed by atoms with Crippen molar-refractivity contribution in [3.8, 4) is 0 Å². The minimum absolute atomic E-state index is 0.0961. The third-order valence-corrected chi connectivity index (χ3v) is 3.57. The van der Waals surface area contributed by atoms with Gasteiger partial charge in [0.05, 0.1) is 5.75 Å². The second kappa shape index (κ2) is 7.99. The number of rotatable bonds is 5. The minimum atomic E-state index is -1.12. The van der Waals surface area contributed by atoms with Crippen LogP contribution in [0, 0.1) is 11.6 Å². The molecule has 112 valence electrons. The van der Waals surface area contributed by atoms with E-state index in [0.717, 1.165) is 23.9 Å². The van der Waals surface area contributed by atoms with Crippen molar-refractivity contribution in [1.82, 2.24) is 0 Å². The van der Waals surface area contributed by atoms with E-state index in [1.54, 1.807) is 0 Å². The van der Waals surface area contributed by atoms with Crippen LogP contribution in [0.15, 0.2) is 18.2 Å². The van der Waals surface area contributed by atoms with Gasteiger partial charge < -0.3 is 5.11 Å². The molecule has 20 heavy (non-hydrogen) atoms. The van der Waals surface area contributed by atoms with Gasteiger partial charge in [0.1, 0.15) is 16.4 Å². The average molecular weight is 304 g/mol. The summed E-state index contributed by atoms with van der Waals surface area (Å²) < 4.78 is 24.7. The fourth-order valence-electron chi connectivity index (χ4n) is 1.11. The first kappa shape index (κ1) is 18.6. The van der Waals surface area contributed by atoms with Crippen LogP contribution < -0.4 is 0 Å². The van der Waals surface area contributed by atoms with Gasteiger partial charge in [-0.1, -0.05) is 13.8 Å². The lowest BCUT2D eigenvalue weighted by Crippen LogP contribution is -2.28. The molecule has 0 radical (unpaired) electrons.